The summed E-state index contributed by atoms with van der Waals surface area (Å²) in [5.74, 6) is -1.73. The molecule has 9 heteroatoms. The van der Waals surface area contributed by atoms with Crippen molar-refractivity contribution < 1.29 is 27.8 Å². The van der Waals surface area contributed by atoms with Crippen LogP contribution in [0.2, 0.25) is 0 Å². The van der Waals surface area contributed by atoms with Gasteiger partial charge in [-0.2, -0.15) is 0 Å². The molecule has 33 heavy (non-hydrogen) atoms. The van der Waals surface area contributed by atoms with Gasteiger partial charge in [0.15, 0.2) is 0 Å². The van der Waals surface area contributed by atoms with Crippen LogP contribution in [0.1, 0.15) is 41.8 Å². The number of hydrogen-bond donors (Lipinski definition) is 3. The third-order valence-electron chi connectivity index (χ3n) is 6.00. The summed E-state index contributed by atoms with van der Waals surface area (Å²) in [6.07, 6.45) is 0.340. The van der Waals surface area contributed by atoms with Crippen molar-refractivity contribution in [3.63, 3.8) is 0 Å². The number of nitrogens with one attached hydrogen (secondary N) is 2. The van der Waals surface area contributed by atoms with E-state index in [9.17, 15) is 18.4 Å². The molecule has 0 aromatic heterocycles. The van der Waals surface area contributed by atoms with E-state index >= 15 is 0 Å². The van der Waals surface area contributed by atoms with Crippen LogP contribution in [-0.4, -0.2) is 44.3 Å². The van der Waals surface area contributed by atoms with Crippen LogP contribution in [0.25, 0.3) is 0 Å². The molecule has 0 unspecified atom stereocenters. The van der Waals surface area contributed by atoms with E-state index in [-0.39, 0.29) is 23.1 Å². The molecule has 1 aliphatic carbocycles. The molecule has 0 saturated carbocycles. The molecule has 0 bridgehead atoms. The predicted molar refractivity (Wildman–Crippen MR) is 119 cm³/mol. The highest BCUT2D eigenvalue weighted by molar-refractivity contribution is 5.94. The highest BCUT2D eigenvalue weighted by atomic mass is 19.1. The van der Waals surface area contributed by atoms with Crippen molar-refractivity contribution in [1.29, 1.82) is 0 Å². The number of nitrogens with two attached hydrogens (primary N) is 1. The third-order valence-corrected chi connectivity index (χ3v) is 6.00. The second kappa shape index (κ2) is 10.3. The van der Waals surface area contributed by atoms with Crippen molar-refractivity contribution in [1.82, 2.24) is 10.6 Å². The second-order valence-corrected chi connectivity index (χ2v) is 8.64. The summed E-state index contributed by atoms with van der Waals surface area (Å²) in [4.78, 5) is 23.3. The van der Waals surface area contributed by atoms with Gasteiger partial charge in [-0.25, -0.2) is 13.6 Å². The Balaban J connectivity index is 1.60. The molecule has 2 aromatic carbocycles. The lowest BCUT2D eigenvalue weighted by molar-refractivity contribution is 0.0355. The van der Waals surface area contributed by atoms with Crippen molar-refractivity contribution in [2.24, 2.45) is 5.73 Å². The molecule has 7 nitrogen and oxygen atoms in total. The number of hydrogen-bond acceptors (Lipinski definition) is 5. The first-order valence-electron chi connectivity index (χ1n) is 10.7. The lowest BCUT2D eigenvalue weighted by Crippen LogP contribution is -2.57. The molecule has 1 aliphatic rings. The minimum Gasteiger partial charge on any atom is -0.410 e. The monoisotopic (exact) mass is 461 g/mol. The number of benzene rings is 2. The van der Waals surface area contributed by atoms with Crippen LogP contribution in [-0.2, 0) is 16.6 Å². The van der Waals surface area contributed by atoms with E-state index in [1.165, 1.54) is 0 Å². The van der Waals surface area contributed by atoms with Crippen LogP contribution in [0.4, 0.5) is 13.6 Å². The standard InChI is InChI=1S/C24H29F2N3O4/c1-24(2)19-13-18(33-23(27)31)6-5-14(19)11-20(32-3)21(24)28-7-4-8-29-22(30)15-9-16(25)12-17(26)10-15/h5-6,9-10,12-13,20-21,28H,4,7-8,11H2,1-3H3,(H2,27,31)(H,29,30)/t20-,21+/m0/s1. The van der Waals surface area contributed by atoms with E-state index in [1.807, 2.05) is 12.1 Å². The molecule has 2 aromatic rings. The lowest BCUT2D eigenvalue weighted by Gasteiger charge is -2.45. The molecule has 2 amide bonds. The van der Waals surface area contributed by atoms with E-state index in [0.29, 0.717) is 31.7 Å². The van der Waals surface area contributed by atoms with E-state index in [4.69, 9.17) is 15.2 Å². The topological polar surface area (TPSA) is 103 Å². The first kappa shape index (κ1) is 24.6. The summed E-state index contributed by atoms with van der Waals surface area (Å²) < 4.78 is 37.4. The maximum absolute atomic E-state index is 13.3. The zero-order valence-corrected chi connectivity index (χ0v) is 18.9. The van der Waals surface area contributed by atoms with Gasteiger partial charge >= 0.3 is 6.09 Å². The maximum Gasteiger partial charge on any atom is 0.409 e. The Bertz CT molecular complexity index is 1010. The molecule has 4 N–H and O–H groups in total. The minimum absolute atomic E-state index is 0.0492. The predicted octanol–water partition coefficient (Wildman–Crippen LogP) is 3.05. The summed E-state index contributed by atoms with van der Waals surface area (Å²) >= 11 is 0. The summed E-state index contributed by atoms with van der Waals surface area (Å²) in [7, 11) is 1.67. The fourth-order valence-corrected chi connectivity index (χ4v) is 4.42. The first-order valence-corrected chi connectivity index (χ1v) is 10.7. The SMILES string of the molecule is CO[C@H]1Cc2ccc(OC(N)=O)cc2C(C)(C)[C@@H]1NCCCNC(=O)c1cc(F)cc(F)c1. The smallest absolute Gasteiger partial charge is 0.409 e. The number of ether oxygens (including phenoxy) is 2. The lowest BCUT2D eigenvalue weighted by atomic mass is 9.68. The van der Waals surface area contributed by atoms with E-state index in [2.05, 4.69) is 24.5 Å². The van der Waals surface area contributed by atoms with E-state index < -0.39 is 23.6 Å². The van der Waals surface area contributed by atoms with Gasteiger partial charge < -0.3 is 25.8 Å². The van der Waals surface area contributed by atoms with Gasteiger partial charge in [0.2, 0.25) is 0 Å². The van der Waals surface area contributed by atoms with Crippen molar-refractivity contribution in [2.45, 2.75) is 44.2 Å². The second-order valence-electron chi connectivity index (χ2n) is 8.64. The van der Waals surface area contributed by atoms with Crippen LogP contribution in [0.5, 0.6) is 5.75 Å². The first-order chi connectivity index (χ1) is 15.6. The van der Waals surface area contributed by atoms with Gasteiger partial charge in [0.1, 0.15) is 17.4 Å². The summed E-state index contributed by atoms with van der Waals surface area (Å²) in [5.41, 5.74) is 6.88. The van der Waals surface area contributed by atoms with Gasteiger partial charge in [-0.1, -0.05) is 19.9 Å². The molecule has 0 radical (unpaired) electrons. The average Bonchev–Trinajstić information content (AvgIpc) is 2.73. The van der Waals surface area contributed by atoms with Crippen LogP contribution in [0, 0.1) is 11.6 Å². The minimum atomic E-state index is -0.865. The van der Waals surface area contributed by atoms with Gasteiger partial charge in [-0.3, -0.25) is 4.79 Å². The molecule has 0 saturated heterocycles. The third kappa shape index (κ3) is 5.85. The van der Waals surface area contributed by atoms with Crippen molar-refractivity contribution in [3.8, 4) is 5.75 Å². The number of carbonyl (C=O) groups excluding carboxylic acids is 2. The highest BCUT2D eigenvalue weighted by Crippen LogP contribution is 2.39. The van der Waals surface area contributed by atoms with Gasteiger partial charge in [0.25, 0.3) is 5.91 Å². The Morgan fingerprint density at radius 2 is 1.82 bits per heavy atom. The Hall–Kier alpha value is -3.04. The van der Waals surface area contributed by atoms with E-state index in [1.54, 1.807) is 13.2 Å². The number of rotatable bonds is 8. The molecule has 3 rings (SSSR count). The average molecular weight is 462 g/mol. The zero-order valence-electron chi connectivity index (χ0n) is 18.9. The summed E-state index contributed by atoms with van der Waals surface area (Å²) in [5, 5.41) is 6.19. The molecular weight excluding hydrogens is 432 g/mol. The molecule has 0 heterocycles. The quantitative estimate of drug-likeness (QED) is 0.525. The Kier molecular flexibility index (Phi) is 7.65. The van der Waals surface area contributed by atoms with Crippen LogP contribution in [0.15, 0.2) is 36.4 Å². The van der Waals surface area contributed by atoms with Gasteiger partial charge in [0, 0.05) is 43.2 Å². The molecular formula is C24H29F2N3O4. The maximum atomic E-state index is 13.3. The number of carbonyl (C=O) groups is 2. The van der Waals surface area contributed by atoms with Crippen LogP contribution >= 0.6 is 0 Å². The largest absolute Gasteiger partial charge is 0.410 e. The van der Waals surface area contributed by atoms with Gasteiger partial charge in [-0.05, 0) is 48.4 Å². The number of methoxy groups -OCH3 is 1. The number of primary amides is 1. The highest BCUT2D eigenvalue weighted by Gasteiger charge is 2.42. The fourth-order valence-electron chi connectivity index (χ4n) is 4.42. The summed E-state index contributed by atoms with van der Waals surface area (Å²) in [6.45, 7) is 5.09. The normalized spacial score (nSPS) is 18.9. The molecule has 2 atom stereocenters. The summed E-state index contributed by atoms with van der Waals surface area (Å²) in [6, 6.07) is 8.14. The Morgan fingerprint density at radius 1 is 1.12 bits per heavy atom. The van der Waals surface area contributed by atoms with Crippen LogP contribution in [0.3, 0.4) is 0 Å². The molecule has 0 aliphatic heterocycles. The zero-order chi connectivity index (χ0) is 24.2. The van der Waals surface area contributed by atoms with E-state index in [0.717, 1.165) is 29.3 Å². The number of amides is 2. The Labute approximate surface area is 191 Å². The molecule has 0 spiro atoms. The number of halogens is 2. The van der Waals surface area contributed by atoms with Crippen molar-refractivity contribution in [3.05, 3.63) is 64.7 Å². The fraction of sp³-hybridized carbons (Fsp3) is 0.417. The van der Waals surface area contributed by atoms with Gasteiger partial charge in [0.05, 0.1) is 6.10 Å². The molecule has 0 fully saturated rings. The van der Waals surface area contributed by atoms with Crippen LogP contribution < -0.4 is 21.1 Å². The molecule has 178 valence electrons. The van der Waals surface area contributed by atoms with Crippen molar-refractivity contribution in [2.75, 3.05) is 20.2 Å². The Morgan fingerprint density at radius 3 is 2.45 bits per heavy atom. The number of fused-ring (bicyclic) bond motifs is 1. The van der Waals surface area contributed by atoms with Crippen molar-refractivity contribution >= 4 is 12.0 Å². The van der Waals surface area contributed by atoms with Gasteiger partial charge in [-0.15, -0.1) is 0 Å².